The zero-order valence-corrected chi connectivity index (χ0v) is 14.4. The summed E-state index contributed by atoms with van der Waals surface area (Å²) in [4.78, 5) is 14.8. The first-order chi connectivity index (χ1) is 12.0. The lowest BCUT2D eigenvalue weighted by atomic mass is 10.1. The van der Waals surface area contributed by atoms with Crippen LogP contribution < -0.4 is 15.4 Å². The van der Waals surface area contributed by atoms with Crippen molar-refractivity contribution in [2.45, 2.75) is 20.0 Å². The Morgan fingerprint density at radius 3 is 2.72 bits per heavy atom. The highest BCUT2D eigenvalue weighted by atomic mass is 16.5. The van der Waals surface area contributed by atoms with Gasteiger partial charge in [-0.2, -0.15) is 0 Å². The Morgan fingerprint density at radius 1 is 1.24 bits per heavy atom. The van der Waals surface area contributed by atoms with Crippen molar-refractivity contribution in [1.82, 2.24) is 15.0 Å². The number of anilines is 2. The third-order valence-corrected chi connectivity index (χ3v) is 3.78. The number of hydrogen-bond donors (Lipinski definition) is 2. The first kappa shape index (κ1) is 17.1. The lowest BCUT2D eigenvalue weighted by Gasteiger charge is -2.27. The molecule has 0 saturated carbocycles. The van der Waals surface area contributed by atoms with Crippen LogP contribution in [0.15, 0.2) is 24.7 Å². The van der Waals surface area contributed by atoms with E-state index in [4.69, 9.17) is 20.6 Å². The Kier molecular flexibility index (Phi) is 5.08. The highest BCUT2D eigenvalue weighted by Gasteiger charge is 2.17. The van der Waals surface area contributed by atoms with Gasteiger partial charge in [0.25, 0.3) is 0 Å². The summed E-state index contributed by atoms with van der Waals surface area (Å²) in [5, 5.41) is 8.50. The zero-order valence-electron chi connectivity index (χ0n) is 14.4. The van der Waals surface area contributed by atoms with Gasteiger partial charge in [-0.05, 0) is 13.8 Å². The van der Waals surface area contributed by atoms with Crippen LogP contribution in [0.2, 0.25) is 0 Å². The van der Waals surface area contributed by atoms with Crippen LogP contribution in [0.1, 0.15) is 25.1 Å². The van der Waals surface area contributed by atoms with E-state index in [-0.39, 0.29) is 11.8 Å². The van der Waals surface area contributed by atoms with Crippen LogP contribution in [0.4, 0.5) is 11.5 Å². The third-order valence-electron chi connectivity index (χ3n) is 3.78. The van der Waals surface area contributed by atoms with Gasteiger partial charge < -0.3 is 20.1 Å². The summed E-state index contributed by atoms with van der Waals surface area (Å²) in [6.07, 6.45) is 2.97. The van der Waals surface area contributed by atoms with Crippen LogP contribution in [0.25, 0.3) is 0 Å². The molecule has 1 aliphatic rings. The van der Waals surface area contributed by atoms with E-state index in [1.54, 1.807) is 12.1 Å². The largest absolute Gasteiger partial charge is 0.475 e. The molecule has 0 bridgehead atoms. The van der Waals surface area contributed by atoms with Gasteiger partial charge >= 0.3 is 0 Å². The van der Waals surface area contributed by atoms with Crippen molar-refractivity contribution >= 4 is 17.2 Å². The second kappa shape index (κ2) is 7.43. The maximum Gasteiger partial charge on any atom is 0.214 e. The molecule has 3 N–H and O–H groups in total. The molecule has 1 saturated heterocycles. The van der Waals surface area contributed by atoms with Gasteiger partial charge in [-0.25, -0.2) is 15.0 Å². The first-order valence-electron chi connectivity index (χ1n) is 8.21. The van der Waals surface area contributed by atoms with Gasteiger partial charge in [-0.1, -0.05) is 0 Å². The minimum absolute atomic E-state index is 0.00914. The van der Waals surface area contributed by atoms with E-state index in [1.165, 1.54) is 12.5 Å². The van der Waals surface area contributed by atoms with Crippen LogP contribution in [0.3, 0.4) is 0 Å². The summed E-state index contributed by atoms with van der Waals surface area (Å²) < 4.78 is 11.0. The fourth-order valence-electron chi connectivity index (χ4n) is 2.56. The molecule has 0 spiro atoms. The van der Waals surface area contributed by atoms with Crippen molar-refractivity contribution in [2.75, 3.05) is 36.9 Å². The lowest BCUT2D eigenvalue weighted by molar-refractivity contribution is 0.122. The summed E-state index contributed by atoms with van der Waals surface area (Å²) in [6, 6.07) is 3.48. The average Bonchev–Trinajstić information content (AvgIpc) is 2.63. The molecule has 132 valence electrons. The topological polar surface area (TPSA) is 110 Å². The van der Waals surface area contributed by atoms with Crippen LogP contribution >= 0.6 is 0 Å². The molecular weight excluding hydrogens is 320 g/mol. The van der Waals surface area contributed by atoms with Gasteiger partial charge in [0, 0.05) is 30.8 Å². The van der Waals surface area contributed by atoms with Crippen molar-refractivity contribution in [1.29, 1.82) is 5.41 Å². The predicted octanol–water partition coefficient (Wildman–Crippen LogP) is 1.49. The summed E-state index contributed by atoms with van der Waals surface area (Å²) >= 11 is 0. The fraction of sp³-hybridized carbons (Fsp3) is 0.412. The Morgan fingerprint density at radius 2 is 2.00 bits per heavy atom. The van der Waals surface area contributed by atoms with Crippen molar-refractivity contribution in [3.8, 4) is 5.88 Å². The van der Waals surface area contributed by atoms with Crippen molar-refractivity contribution in [2.24, 2.45) is 0 Å². The second-order valence-electron chi connectivity index (χ2n) is 6.01. The van der Waals surface area contributed by atoms with Crippen molar-refractivity contribution in [3.63, 3.8) is 0 Å². The Labute approximate surface area is 146 Å². The van der Waals surface area contributed by atoms with Gasteiger partial charge in [0.1, 0.15) is 12.1 Å². The number of rotatable bonds is 5. The number of morpholine rings is 1. The van der Waals surface area contributed by atoms with E-state index in [9.17, 15) is 0 Å². The molecule has 2 aromatic rings. The zero-order chi connectivity index (χ0) is 17.8. The molecule has 1 aliphatic heterocycles. The van der Waals surface area contributed by atoms with E-state index < -0.39 is 0 Å². The summed E-state index contributed by atoms with van der Waals surface area (Å²) in [5.74, 6) is 1.22. The van der Waals surface area contributed by atoms with Gasteiger partial charge in [-0.3, -0.25) is 5.41 Å². The van der Waals surface area contributed by atoms with Crippen molar-refractivity contribution < 1.29 is 9.47 Å². The molecule has 0 unspecified atom stereocenters. The number of aromatic nitrogens is 3. The average molecular weight is 342 g/mol. The van der Waals surface area contributed by atoms with E-state index in [1.807, 2.05) is 13.8 Å². The predicted molar refractivity (Wildman–Crippen MR) is 95.4 cm³/mol. The molecule has 0 radical (unpaired) electrons. The Bertz CT molecular complexity index is 759. The Balaban J connectivity index is 1.87. The normalized spacial score (nSPS) is 14.6. The summed E-state index contributed by atoms with van der Waals surface area (Å²) in [7, 11) is 0. The first-order valence-corrected chi connectivity index (χ1v) is 8.21. The molecule has 25 heavy (non-hydrogen) atoms. The molecule has 0 amide bonds. The molecule has 0 atom stereocenters. The van der Waals surface area contributed by atoms with E-state index >= 15 is 0 Å². The maximum atomic E-state index is 8.50. The van der Waals surface area contributed by atoms with E-state index in [0.717, 1.165) is 18.9 Å². The molecule has 3 rings (SSSR count). The highest BCUT2D eigenvalue weighted by Crippen LogP contribution is 2.22. The number of nitrogens with one attached hydrogen (secondary N) is 1. The van der Waals surface area contributed by atoms with Gasteiger partial charge in [0.2, 0.25) is 5.88 Å². The Hall–Kier alpha value is -2.74. The monoisotopic (exact) mass is 342 g/mol. The van der Waals surface area contributed by atoms with Gasteiger partial charge in [-0.15, -0.1) is 0 Å². The molecule has 8 heteroatoms. The molecule has 3 heterocycles. The summed E-state index contributed by atoms with van der Waals surface area (Å²) in [5.41, 5.74) is 7.68. The van der Waals surface area contributed by atoms with Crippen molar-refractivity contribution in [3.05, 3.63) is 35.9 Å². The molecule has 8 nitrogen and oxygen atoms in total. The molecule has 1 fully saturated rings. The van der Waals surface area contributed by atoms with Crippen LogP contribution in [-0.4, -0.2) is 53.1 Å². The SMILES string of the molecule is CC(C)Oc1cc(C(=N)c2cc(N3CCOCC3)ncn2)c(N)cn1. The molecule has 0 aliphatic carbocycles. The smallest absolute Gasteiger partial charge is 0.214 e. The quantitative estimate of drug-likeness (QED) is 0.792. The van der Waals surface area contributed by atoms with Crippen LogP contribution in [0.5, 0.6) is 5.88 Å². The minimum Gasteiger partial charge on any atom is -0.475 e. The van der Waals surface area contributed by atoms with Crippen LogP contribution in [0, 0.1) is 5.41 Å². The number of ether oxygens (including phenoxy) is 2. The number of hydrogen-bond acceptors (Lipinski definition) is 8. The number of nitrogens with zero attached hydrogens (tertiary/aromatic N) is 4. The fourth-order valence-corrected chi connectivity index (χ4v) is 2.56. The molecular formula is C17H22N6O2. The van der Waals surface area contributed by atoms with E-state index in [2.05, 4.69) is 19.9 Å². The van der Waals surface area contributed by atoms with Crippen LogP contribution in [-0.2, 0) is 4.74 Å². The van der Waals surface area contributed by atoms with Gasteiger partial charge in [0.15, 0.2) is 0 Å². The highest BCUT2D eigenvalue weighted by molar-refractivity contribution is 6.13. The maximum absolute atomic E-state index is 8.50. The van der Waals surface area contributed by atoms with E-state index in [0.29, 0.717) is 36.0 Å². The molecule has 2 aromatic heterocycles. The standard InChI is InChI=1S/C17H22N6O2/c1-11(2)25-16-7-12(13(18)9-20-16)17(19)14-8-15(22-10-21-14)23-3-5-24-6-4-23/h7-11,19H,3-6,18H2,1-2H3. The lowest BCUT2D eigenvalue weighted by Crippen LogP contribution is -2.36. The van der Waals surface area contributed by atoms with Gasteiger partial charge in [0.05, 0.1) is 42.6 Å². The third kappa shape index (κ3) is 4.03. The number of nitrogen functional groups attached to an aromatic ring is 1. The number of pyridine rings is 1. The molecule has 0 aromatic carbocycles. The number of nitrogens with two attached hydrogens (primary N) is 1. The summed E-state index contributed by atoms with van der Waals surface area (Å²) in [6.45, 7) is 6.72. The second-order valence-corrected chi connectivity index (χ2v) is 6.01. The minimum atomic E-state index is -0.00914.